The van der Waals surface area contributed by atoms with Crippen LogP contribution < -0.4 is 15.4 Å². The van der Waals surface area contributed by atoms with E-state index in [1.54, 1.807) is 18.4 Å². The van der Waals surface area contributed by atoms with E-state index in [2.05, 4.69) is 39.6 Å². The Bertz CT molecular complexity index is 902. The van der Waals surface area contributed by atoms with Crippen LogP contribution in [0, 0.1) is 0 Å². The molecule has 3 unspecified atom stereocenters. The molecule has 2 fully saturated rings. The molecule has 7 nitrogen and oxygen atoms in total. The molecule has 3 heterocycles. The van der Waals surface area contributed by atoms with Crippen LogP contribution in [0.5, 0.6) is 5.75 Å². The van der Waals surface area contributed by atoms with Gasteiger partial charge in [0.2, 0.25) is 11.8 Å². The minimum Gasteiger partial charge on any atom is -0.497 e. The molecule has 1 aromatic carbocycles. The Labute approximate surface area is 193 Å². The van der Waals surface area contributed by atoms with Crippen molar-refractivity contribution in [2.75, 3.05) is 27.2 Å². The van der Waals surface area contributed by atoms with Gasteiger partial charge in [0.25, 0.3) is 0 Å². The molecule has 1 aromatic heterocycles. The molecule has 2 saturated heterocycles. The number of methoxy groups -OCH3 is 1. The zero-order valence-electron chi connectivity index (χ0n) is 18.8. The van der Waals surface area contributed by atoms with Crippen molar-refractivity contribution in [3.05, 3.63) is 52.2 Å². The molecular weight excluding hydrogens is 424 g/mol. The third-order valence-electron chi connectivity index (χ3n) is 6.64. The summed E-state index contributed by atoms with van der Waals surface area (Å²) in [6, 6.07) is 12.2. The van der Waals surface area contributed by atoms with Gasteiger partial charge in [-0.05, 0) is 49.0 Å². The Morgan fingerprint density at radius 3 is 2.81 bits per heavy atom. The first-order valence-electron chi connectivity index (χ1n) is 11.2. The molecular formula is C24H32N4O3S. The topological polar surface area (TPSA) is 73.9 Å². The van der Waals surface area contributed by atoms with Crippen LogP contribution in [0.4, 0.5) is 0 Å². The molecule has 0 radical (unpaired) electrons. The smallest absolute Gasteiger partial charge is 0.239 e. The fourth-order valence-electron chi connectivity index (χ4n) is 4.78. The number of thiophene rings is 1. The van der Waals surface area contributed by atoms with Gasteiger partial charge in [-0.15, -0.1) is 11.3 Å². The first kappa shape index (κ1) is 22.8. The molecule has 2 N–H and O–H groups in total. The Kier molecular flexibility index (Phi) is 7.44. The number of hydrogen-bond acceptors (Lipinski definition) is 6. The van der Waals surface area contributed by atoms with Crippen molar-refractivity contribution in [3.63, 3.8) is 0 Å². The highest BCUT2D eigenvalue weighted by Crippen LogP contribution is 2.29. The second-order valence-corrected chi connectivity index (χ2v) is 9.61. The molecule has 0 aliphatic carbocycles. The lowest BCUT2D eigenvalue weighted by atomic mass is 10.0. The molecule has 8 heteroatoms. The van der Waals surface area contributed by atoms with E-state index in [0.29, 0.717) is 19.5 Å². The average Bonchev–Trinajstić information content (AvgIpc) is 3.45. The number of nitrogens with one attached hydrogen (secondary N) is 2. The second-order valence-electron chi connectivity index (χ2n) is 8.58. The minimum atomic E-state index is -0.167. The standard InChI is InChI=1S/C24H32N4O3S/c1-27-18(7-10-22(29)25-15-20-4-3-13-32-20)14-26-24(30)23-21(27)11-12-28(23)16-17-5-8-19(31-2)9-6-17/h3-6,8-9,13,18,21,23H,7,10-12,14-16H2,1-2H3,(H,25,29)(H,26,30). The number of likely N-dealkylation sites (N-methyl/N-ethyl adjacent to an activating group) is 1. The van der Waals surface area contributed by atoms with E-state index in [0.717, 1.165) is 36.6 Å². The number of hydrogen-bond donors (Lipinski definition) is 2. The van der Waals surface area contributed by atoms with Crippen molar-refractivity contribution >= 4 is 23.2 Å². The summed E-state index contributed by atoms with van der Waals surface area (Å²) in [7, 11) is 3.76. The van der Waals surface area contributed by atoms with Gasteiger partial charge in [-0.25, -0.2) is 0 Å². The Morgan fingerprint density at radius 1 is 1.28 bits per heavy atom. The van der Waals surface area contributed by atoms with Crippen LogP contribution in [0.15, 0.2) is 41.8 Å². The molecule has 4 rings (SSSR count). The highest BCUT2D eigenvalue weighted by atomic mass is 32.1. The normalized spacial score (nSPS) is 23.9. The lowest BCUT2D eigenvalue weighted by Crippen LogP contribution is -2.49. The largest absolute Gasteiger partial charge is 0.497 e. The summed E-state index contributed by atoms with van der Waals surface area (Å²) >= 11 is 1.65. The van der Waals surface area contributed by atoms with E-state index >= 15 is 0 Å². The predicted molar refractivity (Wildman–Crippen MR) is 126 cm³/mol. The van der Waals surface area contributed by atoms with Gasteiger partial charge in [0.1, 0.15) is 11.8 Å². The number of rotatable bonds is 8. The molecule has 0 bridgehead atoms. The van der Waals surface area contributed by atoms with Gasteiger partial charge in [-0.3, -0.25) is 19.4 Å². The van der Waals surface area contributed by atoms with Gasteiger partial charge in [-0.2, -0.15) is 0 Å². The summed E-state index contributed by atoms with van der Waals surface area (Å²) < 4.78 is 5.25. The Hall–Kier alpha value is -2.42. The number of likely N-dealkylation sites (tertiary alicyclic amines) is 1. The SMILES string of the molecule is COc1ccc(CN2CCC3C2C(=O)NCC(CCC(=O)NCc2cccs2)N3C)cc1. The first-order chi connectivity index (χ1) is 15.5. The van der Waals surface area contributed by atoms with Crippen molar-refractivity contribution in [3.8, 4) is 5.75 Å². The van der Waals surface area contributed by atoms with Crippen molar-refractivity contribution in [1.82, 2.24) is 20.4 Å². The van der Waals surface area contributed by atoms with Crippen LogP contribution in [-0.4, -0.2) is 67.0 Å². The molecule has 2 aliphatic rings. The first-order valence-corrected chi connectivity index (χ1v) is 12.1. The van der Waals surface area contributed by atoms with Gasteiger partial charge in [0.15, 0.2) is 0 Å². The molecule has 2 aliphatic heterocycles. The van der Waals surface area contributed by atoms with Crippen LogP contribution in [0.3, 0.4) is 0 Å². The fraction of sp³-hybridized carbons (Fsp3) is 0.500. The maximum absolute atomic E-state index is 13.0. The van der Waals surface area contributed by atoms with Crippen LogP contribution >= 0.6 is 11.3 Å². The maximum atomic E-state index is 13.0. The van der Waals surface area contributed by atoms with E-state index in [-0.39, 0.29) is 29.9 Å². The van der Waals surface area contributed by atoms with E-state index in [4.69, 9.17) is 4.74 Å². The Balaban J connectivity index is 1.33. The number of amides is 2. The zero-order valence-corrected chi connectivity index (χ0v) is 19.6. The summed E-state index contributed by atoms with van der Waals surface area (Å²) in [6.45, 7) is 2.78. The third-order valence-corrected chi connectivity index (χ3v) is 7.52. The number of fused-ring (bicyclic) bond motifs is 1. The van der Waals surface area contributed by atoms with Crippen LogP contribution in [-0.2, 0) is 22.7 Å². The van der Waals surface area contributed by atoms with Crippen LogP contribution in [0.2, 0.25) is 0 Å². The molecule has 32 heavy (non-hydrogen) atoms. The van der Waals surface area contributed by atoms with E-state index in [9.17, 15) is 9.59 Å². The fourth-order valence-corrected chi connectivity index (χ4v) is 5.42. The summed E-state index contributed by atoms with van der Waals surface area (Å²) in [5, 5.41) is 8.15. The van der Waals surface area contributed by atoms with Gasteiger partial charge in [-0.1, -0.05) is 18.2 Å². The van der Waals surface area contributed by atoms with Crippen molar-refractivity contribution in [2.45, 2.75) is 50.5 Å². The summed E-state index contributed by atoms with van der Waals surface area (Å²) in [5.74, 6) is 0.992. The highest BCUT2D eigenvalue weighted by Gasteiger charge is 2.44. The lowest BCUT2D eigenvalue weighted by molar-refractivity contribution is -0.126. The summed E-state index contributed by atoms with van der Waals surface area (Å²) in [6.07, 6.45) is 2.14. The molecule has 172 valence electrons. The number of benzene rings is 1. The second kappa shape index (κ2) is 10.5. The Morgan fingerprint density at radius 2 is 2.09 bits per heavy atom. The van der Waals surface area contributed by atoms with E-state index < -0.39 is 0 Å². The van der Waals surface area contributed by atoms with Gasteiger partial charge in [0, 0.05) is 43.0 Å². The van der Waals surface area contributed by atoms with Crippen LogP contribution in [0.1, 0.15) is 29.7 Å². The highest BCUT2D eigenvalue weighted by molar-refractivity contribution is 7.09. The molecule has 0 spiro atoms. The summed E-state index contributed by atoms with van der Waals surface area (Å²) in [5.41, 5.74) is 1.17. The van der Waals surface area contributed by atoms with Crippen molar-refractivity contribution < 1.29 is 14.3 Å². The predicted octanol–water partition coefficient (Wildman–Crippen LogP) is 2.23. The summed E-state index contributed by atoms with van der Waals surface area (Å²) in [4.78, 5) is 31.1. The molecule has 3 atom stereocenters. The molecule has 0 saturated carbocycles. The number of nitrogens with zero attached hydrogens (tertiary/aromatic N) is 2. The van der Waals surface area contributed by atoms with E-state index in [1.807, 2.05) is 29.6 Å². The zero-order chi connectivity index (χ0) is 22.5. The van der Waals surface area contributed by atoms with Gasteiger partial charge >= 0.3 is 0 Å². The van der Waals surface area contributed by atoms with Crippen LogP contribution in [0.25, 0.3) is 0 Å². The number of ether oxygens (including phenoxy) is 1. The lowest BCUT2D eigenvalue weighted by Gasteiger charge is -2.33. The van der Waals surface area contributed by atoms with Crippen molar-refractivity contribution in [1.29, 1.82) is 0 Å². The maximum Gasteiger partial charge on any atom is 0.239 e. The molecule has 2 amide bonds. The number of carbonyl (C=O) groups is 2. The monoisotopic (exact) mass is 456 g/mol. The number of carbonyl (C=O) groups excluding carboxylic acids is 2. The van der Waals surface area contributed by atoms with Crippen molar-refractivity contribution in [2.24, 2.45) is 0 Å². The van der Waals surface area contributed by atoms with Gasteiger partial charge in [0.05, 0.1) is 13.7 Å². The molecule has 2 aromatic rings. The quantitative estimate of drug-likeness (QED) is 0.637. The minimum absolute atomic E-state index is 0.0616. The van der Waals surface area contributed by atoms with Gasteiger partial charge < -0.3 is 15.4 Å². The average molecular weight is 457 g/mol. The third kappa shape index (κ3) is 5.31. The van der Waals surface area contributed by atoms with E-state index in [1.165, 1.54) is 5.56 Å².